The third-order valence-corrected chi connectivity index (χ3v) is 2.85. The fourth-order valence-electron chi connectivity index (χ4n) is 1.63. The molecule has 0 bridgehead atoms. The van der Waals surface area contributed by atoms with Crippen molar-refractivity contribution in [2.45, 2.75) is 52.5 Å². The van der Waals surface area contributed by atoms with Crippen LogP contribution >= 0.6 is 0 Å². The van der Waals surface area contributed by atoms with Crippen molar-refractivity contribution in [3.8, 4) is 0 Å². The van der Waals surface area contributed by atoms with Gasteiger partial charge in [0.25, 0.3) is 0 Å². The molecule has 80 valence electrons. The molecule has 0 fully saturated rings. The summed E-state index contributed by atoms with van der Waals surface area (Å²) in [5.74, 6) is 0. The van der Waals surface area contributed by atoms with E-state index in [4.69, 9.17) is 0 Å². The van der Waals surface area contributed by atoms with Crippen molar-refractivity contribution in [1.29, 1.82) is 0 Å². The van der Waals surface area contributed by atoms with Crippen molar-refractivity contribution < 1.29 is 5.11 Å². The van der Waals surface area contributed by atoms with Crippen LogP contribution < -0.4 is 0 Å². The molecule has 0 aliphatic heterocycles. The number of nitrogens with zero attached hydrogens (tertiary/aromatic N) is 1. The fraction of sp³-hybridized carbons (Fsp3) is 1.00. The van der Waals surface area contributed by atoms with Gasteiger partial charge < -0.3 is 5.11 Å². The number of aliphatic hydroxyl groups excluding tert-OH is 1. The van der Waals surface area contributed by atoms with Gasteiger partial charge in [-0.05, 0) is 39.3 Å². The van der Waals surface area contributed by atoms with Crippen LogP contribution in [0.1, 0.15) is 47.0 Å². The molecule has 2 nitrogen and oxygen atoms in total. The highest BCUT2D eigenvalue weighted by Gasteiger charge is 2.27. The van der Waals surface area contributed by atoms with Gasteiger partial charge in [0.05, 0.1) is 6.61 Å². The Labute approximate surface area is 82.9 Å². The minimum Gasteiger partial charge on any atom is -0.394 e. The van der Waals surface area contributed by atoms with E-state index < -0.39 is 0 Å². The van der Waals surface area contributed by atoms with Gasteiger partial charge in [0.15, 0.2) is 0 Å². The van der Waals surface area contributed by atoms with Crippen LogP contribution in [-0.2, 0) is 0 Å². The summed E-state index contributed by atoms with van der Waals surface area (Å²) in [7, 11) is 0. The topological polar surface area (TPSA) is 23.5 Å². The van der Waals surface area contributed by atoms with E-state index in [0.717, 1.165) is 32.4 Å². The van der Waals surface area contributed by atoms with Gasteiger partial charge in [-0.25, -0.2) is 0 Å². The van der Waals surface area contributed by atoms with Crippen molar-refractivity contribution in [2.24, 2.45) is 0 Å². The molecule has 0 aliphatic carbocycles. The quantitative estimate of drug-likeness (QED) is 0.661. The fourth-order valence-corrected chi connectivity index (χ4v) is 1.63. The molecule has 1 atom stereocenters. The highest BCUT2D eigenvalue weighted by molar-refractivity contribution is 4.83. The van der Waals surface area contributed by atoms with Crippen molar-refractivity contribution in [3.63, 3.8) is 0 Å². The predicted octanol–water partition coefficient (Wildman–Crippen LogP) is 2.27. The molecule has 0 saturated heterocycles. The van der Waals surface area contributed by atoms with Gasteiger partial charge in [0.1, 0.15) is 0 Å². The van der Waals surface area contributed by atoms with E-state index in [9.17, 15) is 5.11 Å². The Morgan fingerprint density at radius 3 is 1.77 bits per heavy atom. The second-order valence-corrected chi connectivity index (χ2v) is 4.00. The third kappa shape index (κ3) is 3.65. The largest absolute Gasteiger partial charge is 0.394 e. The van der Waals surface area contributed by atoms with Crippen molar-refractivity contribution in [1.82, 2.24) is 4.90 Å². The van der Waals surface area contributed by atoms with Crippen molar-refractivity contribution >= 4 is 0 Å². The summed E-state index contributed by atoms with van der Waals surface area (Å²) in [6, 6.07) is 0. The third-order valence-electron chi connectivity index (χ3n) is 2.85. The maximum Gasteiger partial charge on any atom is 0.0612 e. The Kier molecular flexibility index (Phi) is 6.35. The van der Waals surface area contributed by atoms with Gasteiger partial charge in [0, 0.05) is 5.54 Å². The molecule has 0 heterocycles. The van der Waals surface area contributed by atoms with E-state index in [1.807, 2.05) is 0 Å². The van der Waals surface area contributed by atoms with E-state index in [0.29, 0.717) is 0 Å². The Hall–Kier alpha value is -0.0800. The van der Waals surface area contributed by atoms with Crippen LogP contribution in [0.3, 0.4) is 0 Å². The van der Waals surface area contributed by atoms with Crippen LogP contribution in [0.5, 0.6) is 0 Å². The highest BCUT2D eigenvalue weighted by atomic mass is 16.3. The average Bonchev–Trinajstić information content (AvgIpc) is 2.16. The summed E-state index contributed by atoms with van der Waals surface area (Å²) in [5.41, 5.74) is -0.00792. The first-order valence-electron chi connectivity index (χ1n) is 5.50. The Bertz CT molecular complexity index is 115. The molecule has 0 spiro atoms. The molecule has 2 heteroatoms. The second-order valence-electron chi connectivity index (χ2n) is 4.00. The second kappa shape index (κ2) is 6.39. The molecule has 0 aromatic carbocycles. The predicted molar refractivity (Wildman–Crippen MR) is 57.9 cm³/mol. The molecular formula is C11H25NO. The molecule has 1 unspecified atom stereocenters. The van der Waals surface area contributed by atoms with Gasteiger partial charge in [-0.2, -0.15) is 0 Å². The van der Waals surface area contributed by atoms with Gasteiger partial charge in [-0.15, -0.1) is 0 Å². The molecule has 13 heavy (non-hydrogen) atoms. The molecule has 0 aliphatic rings. The molecule has 1 N–H and O–H groups in total. The van der Waals surface area contributed by atoms with E-state index in [1.165, 1.54) is 0 Å². The maximum atomic E-state index is 9.37. The molecular weight excluding hydrogens is 162 g/mol. The smallest absolute Gasteiger partial charge is 0.0612 e. The summed E-state index contributed by atoms with van der Waals surface area (Å²) in [5, 5.41) is 9.37. The Morgan fingerprint density at radius 2 is 1.54 bits per heavy atom. The lowest BCUT2D eigenvalue weighted by Crippen LogP contribution is -2.49. The lowest BCUT2D eigenvalue weighted by molar-refractivity contribution is 0.0396. The molecule has 0 amide bonds. The summed E-state index contributed by atoms with van der Waals surface area (Å²) in [6.45, 7) is 11.1. The zero-order valence-electron chi connectivity index (χ0n) is 9.64. The van der Waals surface area contributed by atoms with E-state index in [2.05, 4.69) is 32.6 Å². The minimum atomic E-state index is -0.00792. The lowest BCUT2D eigenvalue weighted by Gasteiger charge is -2.39. The standard InChI is InChI=1S/C11H25NO/c1-5-8-12(9-6-2)11(4,7-3)10-13/h13H,5-10H2,1-4H3. The van der Waals surface area contributed by atoms with Gasteiger partial charge in [0.2, 0.25) is 0 Å². The summed E-state index contributed by atoms with van der Waals surface area (Å²) >= 11 is 0. The minimum absolute atomic E-state index is 0.00792. The van der Waals surface area contributed by atoms with E-state index in [1.54, 1.807) is 0 Å². The first-order valence-corrected chi connectivity index (χ1v) is 5.50. The number of hydrogen-bond donors (Lipinski definition) is 1. The molecule has 0 aromatic rings. The molecule has 0 rings (SSSR count). The first kappa shape index (κ1) is 12.9. The average molecular weight is 187 g/mol. The Balaban J connectivity index is 4.28. The van der Waals surface area contributed by atoms with Gasteiger partial charge in [-0.3, -0.25) is 4.90 Å². The molecule has 0 saturated carbocycles. The zero-order chi connectivity index (χ0) is 10.3. The van der Waals surface area contributed by atoms with Crippen molar-refractivity contribution in [2.75, 3.05) is 19.7 Å². The summed E-state index contributed by atoms with van der Waals surface area (Å²) < 4.78 is 0. The summed E-state index contributed by atoms with van der Waals surface area (Å²) in [4.78, 5) is 2.41. The monoisotopic (exact) mass is 187 g/mol. The summed E-state index contributed by atoms with van der Waals surface area (Å²) in [6.07, 6.45) is 3.34. The van der Waals surface area contributed by atoms with Gasteiger partial charge >= 0.3 is 0 Å². The molecule has 0 aromatic heterocycles. The van der Waals surface area contributed by atoms with Crippen LogP contribution in [0.2, 0.25) is 0 Å². The van der Waals surface area contributed by atoms with Crippen LogP contribution in [-0.4, -0.2) is 35.2 Å². The van der Waals surface area contributed by atoms with Crippen molar-refractivity contribution in [3.05, 3.63) is 0 Å². The SMILES string of the molecule is CCCN(CCC)C(C)(CC)CO. The van der Waals surface area contributed by atoms with Crippen LogP contribution in [0, 0.1) is 0 Å². The lowest BCUT2D eigenvalue weighted by atomic mass is 9.97. The van der Waals surface area contributed by atoms with E-state index in [-0.39, 0.29) is 12.1 Å². The zero-order valence-corrected chi connectivity index (χ0v) is 9.64. The normalized spacial score (nSPS) is 16.2. The highest BCUT2D eigenvalue weighted by Crippen LogP contribution is 2.19. The number of hydrogen-bond acceptors (Lipinski definition) is 2. The van der Waals surface area contributed by atoms with E-state index >= 15 is 0 Å². The molecule has 0 radical (unpaired) electrons. The Morgan fingerprint density at radius 1 is 1.08 bits per heavy atom. The van der Waals surface area contributed by atoms with Gasteiger partial charge in [-0.1, -0.05) is 20.8 Å². The van der Waals surface area contributed by atoms with Crippen LogP contribution in [0.15, 0.2) is 0 Å². The first-order chi connectivity index (χ1) is 6.14. The van der Waals surface area contributed by atoms with Crippen LogP contribution in [0.4, 0.5) is 0 Å². The number of rotatable bonds is 7. The maximum absolute atomic E-state index is 9.37. The number of aliphatic hydroxyl groups is 1. The van der Waals surface area contributed by atoms with Crippen LogP contribution in [0.25, 0.3) is 0 Å².